The van der Waals surface area contributed by atoms with E-state index in [2.05, 4.69) is 9.88 Å². The fraction of sp³-hybridized carbons (Fsp3) is 0.583. The van der Waals surface area contributed by atoms with Crippen molar-refractivity contribution >= 4 is 15.7 Å². The van der Waals surface area contributed by atoms with Gasteiger partial charge in [-0.1, -0.05) is 6.07 Å². The number of hydrogen-bond donors (Lipinski definition) is 0. The quantitative estimate of drug-likeness (QED) is 0.755. The average molecular weight is 268 g/mol. The number of sulfone groups is 1. The normalized spacial score (nSPS) is 25.4. The zero-order chi connectivity index (χ0) is 12.6. The molecule has 98 valence electrons. The number of piperidine rings is 1. The van der Waals surface area contributed by atoms with Crippen LogP contribution in [0, 0.1) is 0 Å². The van der Waals surface area contributed by atoms with Gasteiger partial charge in [-0.2, -0.15) is 0 Å². The molecule has 2 saturated heterocycles. The van der Waals surface area contributed by atoms with E-state index in [1.807, 2.05) is 18.2 Å². The molecule has 3 heterocycles. The van der Waals surface area contributed by atoms with Crippen LogP contribution < -0.4 is 4.90 Å². The Morgan fingerprint density at radius 1 is 1.28 bits per heavy atom. The molecule has 0 aliphatic carbocycles. The molecule has 0 unspecified atom stereocenters. The highest BCUT2D eigenvalue weighted by molar-refractivity contribution is 7.92. The van der Waals surface area contributed by atoms with Crippen LogP contribution in [0.3, 0.4) is 0 Å². The standard InChI is InChI=1S/C12H16N2O3S/c15-18(16)10-9-17-12(18)4-7-14(8-5-12)11-3-1-2-6-13-11/h1-3,6H,4-5,7-10H2. The summed E-state index contributed by atoms with van der Waals surface area (Å²) in [6, 6.07) is 5.76. The lowest BCUT2D eigenvalue weighted by Crippen LogP contribution is -2.48. The third-order valence-electron chi connectivity index (χ3n) is 3.78. The zero-order valence-electron chi connectivity index (χ0n) is 10.1. The highest BCUT2D eigenvalue weighted by Crippen LogP contribution is 2.37. The van der Waals surface area contributed by atoms with E-state index in [-0.39, 0.29) is 5.75 Å². The van der Waals surface area contributed by atoms with Gasteiger partial charge >= 0.3 is 0 Å². The van der Waals surface area contributed by atoms with Crippen LogP contribution in [0.5, 0.6) is 0 Å². The van der Waals surface area contributed by atoms with Gasteiger partial charge in [0.15, 0.2) is 14.8 Å². The van der Waals surface area contributed by atoms with Crippen LogP contribution in [0.4, 0.5) is 5.82 Å². The second-order valence-electron chi connectivity index (χ2n) is 4.75. The summed E-state index contributed by atoms with van der Waals surface area (Å²) in [6.07, 6.45) is 2.82. The van der Waals surface area contributed by atoms with Crippen molar-refractivity contribution in [3.05, 3.63) is 24.4 Å². The van der Waals surface area contributed by atoms with Gasteiger partial charge in [-0.3, -0.25) is 0 Å². The minimum Gasteiger partial charge on any atom is -0.358 e. The van der Waals surface area contributed by atoms with Gasteiger partial charge in [0.1, 0.15) is 5.82 Å². The van der Waals surface area contributed by atoms with Gasteiger partial charge < -0.3 is 9.64 Å². The molecule has 3 rings (SSSR count). The summed E-state index contributed by atoms with van der Waals surface area (Å²) in [5.41, 5.74) is 0. The third-order valence-corrected chi connectivity index (χ3v) is 6.15. The van der Waals surface area contributed by atoms with Crippen molar-refractivity contribution in [2.75, 3.05) is 30.3 Å². The Hall–Kier alpha value is -1.14. The van der Waals surface area contributed by atoms with Crippen molar-refractivity contribution in [2.45, 2.75) is 17.8 Å². The van der Waals surface area contributed by atoms with Crippen molar-refractivity contribution in [2.24, 2.45) is 0 Å². The first-order chi connectivity index (χ1) is 8.63. The minimum atomic E-state index is -3.08. The van der Waals surface area contributed by atoms with Gasteiger partial charge in [-0.25, -0.2) is 13.4 Å². The SMILES string of the molecule is O=S1(=O)CCOC12CCN(c1ccccn1)CC2. The molecular formula is C12H16N2O3S. The minimum absolute atomic E-state index is 0.163. The maximum Gasteiger partial charge on any atom is 0.182 e. The number of anilines is 1. The number of pyridine rings is 1. The van der Waals surface area contributed by atoms with Gasteiger partial charge in [0.25, 0.3) is 0 Å². The van der Waals surface area contributed by atoms with Gasteiger partial charge in [-0.15, -0.1) is 0 Å². The van der Waals surface area contributed by atoms with Crippen LogP contribution in [-0.4, -0.2) is 43.8 Å². The van der Waals surface area contributed by atoms with E-state index < -0.39 is 14.8 Å². The molecule has 1 aromatic rings. The number of ether oxygens (including phenoxy) is 1. The molecule has 1 aromatic heterocycles. The van der Waals surface area contributed by atoms with E-state index in [1.165, 1.54) is 0 Å². The Kier molecular flexibility index (Phi) is 2.79. The zero-order valence-corrected chi connectivity index (χ0v) is 10.9. The van der Waals surface area contributed by atoms with E-state index in [1.54, 1.807) is 6.20 Å². The predicted octanol–water partition coefficient (Wildman–Crippen LogP) is 0.823. The molecule has 1 spiro atoms. The molecule has 0 bridgehead atoms. The van der Waals surface area contributed by atoms with E-state index >= 15 is 0 Å². The first-order valence-corrected chi connectivity index (χ1v) is 7.80. The Labute approximate surface area is 107 Å². The second kappa shape index (κ2) is 4.20. The summed E-state index contributed by atoms with van der Waals surface area (Å²) in [6.45, 7) is 1.69. The van der Waals surface area contributed by atoms with E-state index in [0.717, 1.165) is 5.82 Å². The first kappa shape index (κ1) is 11.9. The summed E-state index contributed by atoms with van der Waals surface area (Å²) in [5, 5.41) is 0. The summed E-state index contributed by atoms with van der Waals surface area (Å²) in [7, 11) is -3.08. The number of nitrogens with zero attached hydrogens (tertiary/aromatic N) is 2. The highest BCUT2D eigenvalue weighted by atomic mass is 32.2. The largest absolute Gasteiger partial charge is 0.358 e. The van der Waals surface area contributed by atoms with Crippen molar-refractivity contribution in [1.29, 1.82) is 0 Å². The van der Waals surface area contributed by atoms with Crippen LogP contribution in [0.15, 0.2) is 24.4 Å². The molecule has 0 N–H and O–H groups in total. The monoisotopic (exact) mass is 268 g/mol. The lowest BCUT2D eigenvalue weighted by atomic mass is 10.1. The van der Waals surface area contributed by atoms with E-state index in [9.17, 15) is 8.42 Å². The lowest BCUT2D eigenvalue weighted by molar-refractivity contribution is 0.0284. The smallest absolute Gasteiger partial charge is 0.182 e. The van der Waals surface area contributed by atoms with Crippen molar-refractivity contribution in [3.8, 4) is 0 Å². The fourth-order valence-electron chi connectivity index (χ4n) is 2.69. The number of rotatable bonds is 1. The number of hydrogen-bond acceptors (Lipinski definition) is 5. The maximum absolute atomic E-state index is 12.0. The van der Waals surface area contributed by atoms with E-state index in [4.69, 9.17) is 4.74 Å². The van der Waals surface area contributed by atoms with E-state index in [0.29, 0.717) is 32.5 Å². The molecule has 2 aliphatic heterocycles. The molecule has 2 fully saturated rings. The molecule has 18 heavy (non-hydrogen) atoms. The van der Waals surface area contributed by atoms with Gasteiger partial charge in [0, 0.05) is 32.1 Å². The fourth-order valence-corrected chi connectivity index (χ4v) is 4.43. The highest BCUT2D eigenvalue weighted by Gasteiger charge is 2.50. The van der Waals surface area contributed by atoms with Gasteiger partial charge in [0.2, 0.25) is 0 Å². The Bertz CT molecular complexity index is 522. The lowest BCUT2D eigenvalue weighted by Gasteiger charge is -2.37. The maximum atomic E-state index is 12.0. The molecule has 6 heteroatoms. The van der Waals surface area contributed by atoms with Gasteiger partial charge in [0.05, 0.1) is 12.4 Å². The summed E-state index contributed by atoms with van der Waals surface area (Å²) in [4.78, 5) is 5.48. The topological polar surface area (TPSA) is 59.5 Å². The molecule has 0 atom stereocenters. The van der Waals surface area contributed by atoms with Crippen LogP contribution >= 0.6 is 0 Å². The molecule has 2 aliphatic rings. The predicted molar refractivity (Wildman–Crippen MR) is 68.2 cm³/mol. The second-order valence-corrected chi connectivity index (χ2v) is 7.13. The van der Waals surface area contributed by atoms with Gasteiger partial charge in [-0.05, 0) is 12.1 Å². The summed E-state index contributed by atoms with van der Waals surface area (Å²) in [5.74, 6) is 1.07. The molecule has 0 aromatic carbocycles. The van der Waals surface area contributed by atoms with Crippen LogP contribution in [0.1, 0.15) is 12.8 Å². The molecule has 0 saturated carbocycles. The van der Waals surface area contributed by atoms with Crippen molar-refractivity contribution < 1.29 is 13.2 Å². The van der Waals surface area contributed by atoms with Crippen LogP contribution in [-0.2, 0) is 14.6 Å². The molecule has 5 nitrogen and oxygen atoms in total. The molecular weight excluding hydrogens is 252 g/mol. The average Bonchev–Trinajstić information content (AvgIpc) is 2.67. The van der Waals surface area contributed by atoms with Crippen LogP contribution in [0.25, 0.3) is 0 Å². The summed E-state index contributed by atoms with van der Waals surface area (Å²) >= 11 is 0. The molecule has 0 radical (unpaired) electrons. The third kappa shape index (κ3) is 1.80. The first-order valence-electron chi connectivity index (χ1n) is 6.15. The van der Waals surface area contributed by atoms with Crippen LogP contribution in [0.2, 0.25) is 0 Å². The molecule has 0 amide bonds. The Morgan fingerprint density at radius 3 is 2.61 bits per heavy atom. The Morgan fingerprint density at radius 2 is 2.06 bits per heavy atom. The number of aromatic nitrogens is 1. The summed E-state index contributed by atoms with van der Waals surface area (Å²) < 4.78 is 29.6. The Balaban J connectivity index is 1.76. The van der Waals surface area contributed by atoms with Crippen molar-refractivity contribution in [1.82, 2.24) is 4.98 Å². The van der Waals surface area contributed by atoms with Crippen molar-refractivity contribution in [3.63, 3.8) is 0 Å².